The van der Waals surface area contributed by atoms with E-state index in [4.69, 9.17) is 4.74 Å². The van der Waals surface area contributed by atoms with Gasteiger partial charge in [0.1, 0.15) is 0 Å². The molecule has 0 amide bonds. The van der Waals surface area contributed by atoms with Gasteiger partial charge in [-0.15, -0.1) is 0 Å². The van der Waals surface area contributed by atoms with Crippen molar-refractivity contribution in [1.29, 1.82) is 0 Å². The van der Waals surface area contributed by atoms with E-state index in [0.717, 1.165) is 18.8 Å². The van der Waals surface area contributed by atoms with Gasteiger partial charge >= 0.3 is 5.97 Å². The first-order valence-electron chi connectivity index (χ1n) is 16.4. The Morgan fingerprint density at radius 1 is 0.514 bits per heavy atom. The molecule has 35 heavy (non-hydrogen) atoms. The van der Waals surface area contributed by atoms with Crippen LogP contribution in [0.1, 0.15) is 194 Å². The molecule has 0 aromatic heterocycles. The lowest BCUT2D eigenvalue weighted by molar-refractivity contribution is -0.143. The molecule has 0 aliphatic heterocycles. The molecule has 0 rings (SSSR count). The van der Waals surface area contributed by atoms with Gasteiger partial charge in [0.2, 0.25) is 0 Å². The number of carbonyl (C=O) groups is 1. The lowest BCUT2D eigenvalue weighted by atomic mass is 9.99. The molecular formula is C33H66O2. The number of ether oxygens (including phenoxy) is 1. The van der Waals surface area contributed by atoms with Crippen LogP contribution in [0.2, 0.25) is 0 Å². The third-order valence-electron chi connectivity index (χ3n) is 7.79. The average molecular weight is 495 g/mol. The van der Waals surface area contributed by atoms with E-state index in [1.54, 1.807) is 0 Å². The van der Waals surface area contributed by atoms with Crippen LogP contribution in [0.3, 0.4) is 0 Å². The molecule has 0 saturated heterocycles. The summed E-state index contributed by atoms with van der Waals surface area (Å²) in [7, 11) is 0. The summed E-state index contributed by atoms with van der Waals surface area (Å²) in [6, 6.07) is 0. The second-order valence-corrected chi connectivity index (χ2v) is 11.4. The summed E-state index contributed by atoms with van der Waals surface area (Å²) in [6.45, 7) is 7.58. The van der Waals surface area contributed by atoms with E-state index in [9.17, 15) is 4.79 Å². The number of hydrogen-bond donors (Lipinski definition) is 0. The van der Waals surface area contributed by atoms with E-state index in [2.05, 4.69) is 20.8 Å². The molecule has 2 nitrogen and oxygen atoms in total. The lowest BCUT2D eigenvalue weighted by Crippen LogP contribution is -2.05. The van der Waals surface area contributed by atoms with Crippen molar-refractivity contribution in [3.63, 3.8) is 0 Å². The summed E-state index contributed by atoms with van der Waals surface area (Å²) in [5.74, 6) is 0.926. The fourth-order valence-electron chi connectivity index (χ4n) is 4.94. The minimum Gasteiger partial charge on any atom is -0.466 e. The summed E-state index contributed by atoms with van der Waals surface area (Å²) in [5, 5.41) is 0. The fraction of sp³-hybridized carbons (Fsp3) is 0.970. The van der Waals surface area contributed by atoms with Crippen molar-refractivity contribution in [3.8, 4) is 0 Å². The zero-order valence-electron chi connectivity index (χ0n) is 24.7. The lowest BCUT2D eigenvalue weighted by Gasteiger charge is -2.07. The minimum atomic E-state index is 0.0241. The molecule has 0 fully saturated rings. The Balaban J connectivity index is 3.16. The molecular weight excluding hydrogens is 428 g/mol. The molecule has 0 bridgehead atoms. The highest BCUT2D eigenvalue weighted by Crippen LogP contribution is 2.16. The van der Waals surface area contributed by atoms with E-state index in [1.807, 2.05) is 0 Å². The standard InChI is InChI=1S/C33H66O2/c1-4-6-7-8-9-10-11-12-13-14-15-16-19-22-25-28-31-35-33(34)30-27-24-21-18-17-20-23-26-29-32(3)5-2/h32H,4-31H2,1-3H3. The molecule has 0 N–H and O–H groups in total. The molecule has 1 unspecified atom stereocenters. The maximum atomic E-state index is 11.9. The molecule has 210 valence electrons. The molecule has 0 aromatic carbocycles. The molecule has 0 heterocycles. The maximum Gasteiger partial charge on any atom is 0.305 e. The van der Waals surface area contributed by atoms with E-state index in [0.29, 0.717) is 13.0 Å². The van der Waals surface area contributed by atoms with Crippen molar-refractivity contribution in [2.24, 2.45) is 5.92 Å². The Hall–Kier alpha value is -0.530. The highest BCUT2D eigenvalue weighted by Gasteiger charge is 2.03. The smallest absolute Gasteiger partial charge is 0.305 e. The molecule has 2 heteroatoms. The van der Waals surface area contributed by atoms with Gasteiger partial charge in [0.25, 0.3) is 0 Å². The first-order valence-corrected chi connectivity index (χ1v) is 16.4. The normalized spacial score (nSPS) is 12.2. The summed E-state index contributed by atoms with van der Waals surface area (Å²) in [5.41, 5.74) is 0. The highest BCUT2D eigenvalue weighted by atomic mass is 16.5. The fourth-order valence-corrected chi connectivity index (χ4v) is 4.94. The molecule has 0 aliphatic carbocycles. The molecule has 1 atom stereocenters. The summed E-state index contributed by atoms with van der Waals surface area (Å²) < 4.78 is 5.42. The van der Waals surface area contributed by atoms with Crippen molar-refractivity contribution in [1.82, 2.24) is 0 Å². The van der Waals surface area contributed by atoms with Crippen molar-refractivity contribution in [3.05, 3.63) is 0 Å². The van der Waals surface area contributed by atoms with Crippen LogP contribution in [0, 0.1) is 5.92 Å². The molecule has 0 radical (unpaired) electrons. The molecule has 0 spiro atoms. The van der Waals surface area contributed by atoms with E-state index in [-0.39, 0.29) is 5.97 Å². The van der Waals surface area contributed by atoms with Crippen molar-refractivity contribution in [2.45, 2.75) is 194 Å². The first-order chi connectivity index (χ1) is 17.2. The minimum absolute atomic E-state index is 0.0241. The van der Waals surface area contributed by atoms with Crippen LogP contribution >= 0.6 is 0 Å². The van der Waals surface area contributed by atoms with Crippen LogP contribution in [-0.2, 0) is 9.53 Å². The van der Waals surface area contributed by atoms with Gasteiger partial charge in [0.15, 0.2) is 0 Å². The van der Waals surface area contributed by atoms with Gasteiger partial charge in [0.05, 0.1) is 6.61 Å². The predicted octanol–water partition coefficient (Wildman–Crippen LogP) is 11.7. The molecule has 0 aliphatic rings. The van der Waals surface area contributed by atoms with Crippen LogP contribution in [0.4, 0.5) is 0 Å². The Kier molecular flexibility index (Phi) is 29.2. The number of unbranched alkanes of at least 4 members (excludes halogenated alkanes) is 22. The van der Waals surface area contributed by atoms with Crippen LogP contribution < -0.4 is 0 Å². The number of hydrogen-bond acceptors (Lipinski definition) is 2. The zero-order valence-corrected chi connectivity index (χ0v) is 24.7. The van der Waals surface area contributed by atoms with E-state index < -0.39 is 0 Å². The summed E-state index contributed by atoms with van der Waals surface area (Å²) in [6.07, 6.45) is 35.7. The SMILES string of the molecule is CCCCCCCCCCCCCCCCCCOC(=O)CCCCCCCCCCC(C)CC. The Morgan fingerprint density at radius 2 is 0.886 bits per heavy atom. The highest BCUT2D eigenvalue weighted by molar-refractivity contribution is 5.69. The van der Waals surface area contributed by atoms with Gasteiger partial charge in [-0.05, 0) is 18.8 Å². The van der Waals surface area contributed by atoms with Crippen LogP contribution in [0.25, 0.3) is 0 Å². The molecule has 0 saturated carbocycles. The number of esters is 1. The van der Waals surface area contributed by atoms with Gasteiger partial charge in [-0.1, -0.05) is 175 Å². The maximum absolute atomic E-state index is 11.9. The first kappa shape index (κ1) is 34.5. The van der Waals surface area contributed by atoms with Gasteiger partial charge in [-0.2, -0.15) is 0 Å². The Morgan fingerprint density at radius 3 is 1.31 bits per heavy atom. The van der Waals surface area contributed by atoms with Crippen LogP contribution in [0.5, 0.6) is 0 Å². The monoisotopic (exact) mass is 495 g/mol. The van der Waals surface area contributed by atoms with Crippen molar-refractivity contribution >= 4 is 5.97 Å². The topological polar surface area (TPSA) is 26.3 Å². The Bertz CT molecular complexity index is 406. The van der Waals surface area contributed by atoms with E-state index in [1.165, 1.54) is 154 Å². The van der Waals surface area contributed by atoms with E-state index >= 15 is 0 Å². The third kappa shape index (κ3) is 29.6. The second kappa shape index (κ2) is 29.7. The predicted molar refractivity (Wildman–Crippen MR) is 156 cm³/mol. The zero-order chi connectivity index (χ0) is 25.7. The quantitative estimate of drug-likeness (QED) is 0.0763. The number of rotatable bonds is 29. The largest absolute Gasteiger partial charge is 0.466 e. The third-order valence-corrected chi connectivity index (χ3v) is 7.79. The van der Waals surface area contributed by atoms with Gasteiger partial charge in [-0.3, -0.25) is 4.79 Å². The van der Waals surface area contributed by atoms with Crippen molar-refractivity contribution in [2.75, 3.05) is 6.61 Å². The number of carbonyl (C=O) groups excluding carboxylic acids is 1. The van der Waals surface area contributed by atoms with Gasteiger partial charge in [-0.25, -0.2) is 0 Å². The molecule has 0 aromatic rings. The van der Waals surface area contributed by atoms with Crippen molar-refractivity contribution < 1.29 is 9.53 Å². The summed E-state index contributed by atoms with van der Waals surface area (Å²) in [4.78, 5) is 11.9. The second-order valence-electron chi connectivity index (χ2n) is 11.4. The van der Waals surface area contributed by atoms with Gasteiger partial charge in [0, 0.05) is 6.42 Å². The van der Waals surface area contributed by atoms with Crippen LogP contribution in [-0.4, -0.2) is 12.6 Å². The Labute approximate surface area is 222 Å². The average Bonchev–Trinajstić information content (AvgIpc) is 2.86. The summed E-state index contributed by atoms with van der Waals surface area (Å²) >= 11 is 0. The van der Waals surface area contributed by atoms with Crippen LogP contribution in [0.15, 0.2) is 0 Å². The van der Waals surface area contributed by atoms with Gasteiger partial charge < -0.3 is 4.74 Å².